The second-order valence-corrected chi connectivity index (χ2v) is 9.00. The van der Waals surface area contributed by atoms with Crippen LogP contribution in [-0.4, -0.2) is 0 Å². The van der Waals surface area contributed by atoms with Gasteiger partial charge in [0, 0.05) is 21.9 Å². The van der Waals surface area contributed by atoms with Crippen molar-refractivity contribution in [3.05, 3.63) is 58.6 Å². The third kappa shape index (κ3) is 4.87. The molecule has 2 aromatic rings. The van der Waals surface area contributed by atoms with E-state index in [0.29, 0.717) is 21.5 Å². The van der Waals surface area contributed by atoms with Crippen molar-refractivity contribution in [1.29, 1.82) is 0 Å². The smallest absolute Gasteiger partial charge is 0.384 e. The van der Waals surface area contributed by atoms with Crippen molar-refractivity contribution in [3.63, 3.8) is 0 Å². The number of rotatable bonds is 4. The zero-order valence-electron chi connectivity index (χ0n) is 9.42. The molecule has 2 aromatic carbocycles. The molecule has 0 fully saturated rings. The fourth-order valence-electron chi connectivity index (χ4n) is 1.26. The first-order valence-corrected chi connectivity index (χ1v) is 9.44. The molecule has 0 heterocycles. The first kappa shape index (κ1) is 15.0. The minimum atomic E-state index is -2.95. The van der Waals surface area contributed by atoms with Crippen LogP contribution >= 0.6 is 40.3 Å². The minimum Gasteiger partial charge on any atom is -0.425 e. The van der Waals surface area contributed by atoms with Crippen LogP contribution in [0.25, 0.3) is 0 Å². The van der Waals surface area contributed by atoms with Gasteiger partial charge in [0.05, 0.1) is 0 Å². The largest absolute Gasteiger partial charge is 0.425 e. The normalized spacial score (nSPS) is 11.1. The van der Waals surface area contributed by atoms with Crippen LogP contribution in [-0.2, 0) is 11.8 Å². The summed E-state index contributed by atoms with van der Waals surface area (Å²) in [5, 5.41) is 1.21. The Morgan fingerprint density at radius 3 is 1.37 bits per heavy atom. The second kappa shape index (κ2) is 6.34. The van der Waals surface area contributed by atoms with Crippen molar-refractivity contribution in [3.8, 4) is 11.5 Å². The first-order chi connectivity index (χ1) is 8.94. The Labute approximate surface area is 131 Å². The Balaban J connectivity index is 2.08. The topological polar surface area (TPSA) is 18.5 Å². The summed E-state index contributed by atoms with van der Waals surface area (Å²) in [6.45, 7) is 0. The van der Waals surface area contributed by atoms with Gasteiger partial charge in [0.1, 0.15) is 11.5 Å². The molecule has 0 aliphatic carbocycles. The van der Waals surface area contributed by atoms with Crippen LogP contribution in [0.15, 0.2) is 48.5 Å². The Kier molecular flexibility index (Phi) is 4.99. The molecular formula is C12H8Cl3O2PS. The molecule has 0 bridgehead atoms. The van der Waals surface area contributed by atoms with Crippen LogP contribution < -0.4 is 9.05 Å². The van der Waals surface area contributed by atoms with E-state index in [1.807, 2.05) is 0 Å². The molecule has 0 N–H and O–H groups in total. The Morgan fingerprint density at radius 1 is 0.737 bits per heavy atom. The van der Waals surface area contributed by atoms with Crippen LogP contribution in [0.2, 0.25) is 10.0 Å². The standard InChI is InChI=1S/C12H8Cl3O2PS/c13-9-1-5-11(6-2-9)16-18(15,19)17-12-7-3-10(14)4-8-12/h1-8H. The minimum absolute atomic E-state index is 0.511. The fourth-order valence-corrected chi connectivity index (χ4v) is 3.29. The number of hydrogen-bond acceptors (Lipinski definition) is 3. The zero-order chi connectivity index (χ0) is 13.9. The van der Waals surface area contributed by atoms with Crippen LogP contribution in [0.3, 0.4) is 0 Å². The molecule has 19 heavy (non-hydrogen) atoms. The summed E-state index contributed by atoms with van der Waals surface area (Å²) < 4.78 is 10.9. The molecule has 0 aromatic heterocycles. The van der Waals surface area contributed by atoms with Gasteiger partial charge in [-0.2, -0.15) is 0 Å². The Hall–Kier alpha value is -0.440. The van der Waals surface area contributed by atoms with E-state index in [9.17, 15) is 0 Å². The third-order valence-electron chi connectivity index (χ3n) is 2.06. The van der Waals surface area contributed by atoms with E-state index in [0.717, 1.165) is 0 Å². The van der Waals surface area contributed by atoms with Crippen LogP contribution in [0.4, 0.5) is 0 Å². The van der Waals surface area contributed by atoms with Gasteiger partial charge in [-0.25, -0.2) is 0 Å². The molecule has 0 atom stereocenters. The van der Waals surface area contributed by atoms with Crippen molar-refractivity contribution in [1.82, 2.24) is 0 Å². The Morgan fingerprint density at radius 2 is 1.05 bits per heavy atom. The van der Waals surface area contributed by atoms with Crippen molar-refractivity contribution in [2.45, 2.75) is 0 Å². The Bertz CT molecular complexity index is 550. The molecule has 100 valence electrons. The molecule has 0 amide bonds. The molecule has 0 aliphatic heterocycles. The molecule has 0 spiro atoms. The average molecular weight is 354 g/mol. The summed E-state index contributed by atoms with van der Waals surface area (Å²) in [7, 11) is 0. The fraction of sp³-hybridized carbons (Fsp3) is 0. The van der Waals surface area contributed by atoms with Gasteiger partial charge in [0.25, 0.3) is 0 Å². The van der Waals surface area contributed by atoms with Crippen LogP contribution in [0.1, 0.15) is 0 Å². The first-order valence-electron chi connectivity index (χ1n) is 5.15. The molecule has 0 saturated carbocycles. The number of hydrogen-bond donors (Lipinski definition) is 0. The van der Waals surface area contributed by atoms with Crippen molar-refractivity contribution < 1.29 is 9.05 Å². The van der Waals surface area contributed by atoms with Gasteiger partial charge in [0.15, 0.2) is 0 Å². The van der Waals surface area contributed by atoms with Gasteiger partial charge in [-0.15, -0.1) is 0 Å². The highest BCUT2D eigenvalue weighted by Gasteiger charge is 2.18. The molecule has 2 rings (SSSR count). The molecular weight excluding hydrogens is 346 g/mol. The van der Waals surface area contributed by atoms with Gasteiger partial charge in [-0.3, -0.25) is 0 Å². The van der Waals surface area contributed by atoms with Gasteiger partial charge in [-0.1, -0.05) is 23.2 Å². The summed E-state index contributed by atoms with van der Waals surface area (Å²) >= 11 is 22.8. The number of benzene rings is 2. The highest BCUT2D eigenvalue weighted by atomic mass is 35.7. The van der Waals surface area contributed by atoms with Crippen LogP contribution in [0, 0.1) is 0 Å². The molecule has 0 saturated heterocycles. The summed E-state index contributed by atoms with van der Waals surface area (Å²) in [5.41, 5.74) is 0. The van der Waals surface area contributed by atoms with E-state index in [-0.39, 0.29) is 0 Å². The molecule has 2 nitrogen and oxygen atoms in total. The second-order valence-electron chi connectivity index (χ2n) is 3.52. The molecule has 0 aliphatic rings. The van der Waals surface area contributed by atoms with Crippen LogP contribution in [0.5, 0.6) is 11.5 Å². The van der Waals surface area contributed by atoms with E-state index in [4.69, 9.17) is 55.3 Å². The summed E-state index contributed by atoms with van der Waals surface area (Å²) in [6, 6.07) is 13.5. The zero-order valence-corrected chi connectivity index (χ0v) is 13.4. The van der Waals surface area contributed by atoms with Crippen molar-refractivity contribution in [2.75, 3.05) is 0 Å². The van der Waals surface area contributed by atoms with Gasteiger partial charge in [-0.05, 0) is 59.8 Å². The summed E-state index contributed by atoms with van der Waals surface area (Å²) in [4.78, 5) is 0. The average Bonchev–Trinajstić information content (AvgIpc) is 2.34. The molecule has 7 heteroatoms. The lowest BCUT2D eigenvalue weighted by molar-refractivity contribution is 0.505. The van der Waals surface area contributed by atoms with Crippen molar-refractivity contribution in [2.24, 2.45) is 0 Å². The highest BCUT2D eigenvalue weighted by molar-refractivity contribution is 8.22. The maximum Gasteiger partial charge on any atom is 0.384 e. The lowest BCUT2D eigenvalue weighted by Gasteiger charge is -2.17. The lowest BCUT2D eigenvalue weighted by Crippen LogP contribution is -1.94. The predicted molar refractivity (Wildman–Crippen MR) is 84.3 cm³/mol. The SMILES string of the molecule is S=P(Cl)(Oc1ccc(Cl)cc1)Oc1ccc(Cl)cc1. The third-order valence-corrected chi connectivity index (χ3v) is 4.28. The lowest BCUT2D eigenvalue weighted by atomic mass is 10.3. The summed E-state index contributed by atoms with van der Waals surface area (Å²) in [5.74, 6) is -1.93. The maximum absolute atomic E-state index is 6.10. The van der Waals surface area contributed by atoms with Gasteiger partial charge >= 0.3 is 5.84 Å². The molecule has 0 radical (unpaired) electrons. The van der Waals surface area contributed by atoms with Gasteiger partial charge in [0.2, 0.25) is 0 Å². The van der Waals surface area contributed by atoms with Crippen molar-refractivity contribution >= 4 is 52.1 Å². The number of halogens is 3. The van der Waals surface area contributed by atoms with E-state index in [2.05, 4.69) is 0 Å². The highest BCUT2D eigenvalue weighted by Crippen LogP contribution is 2.53. The monoisotopic (exact) mass is 352 g/mol. The van der Waals surface area contributed by atoms with E-state index in [1.54, 1.807) is 48.5 Å². The quantitative estimate of drug-likeness (QED) is 0.636. The summed E-state index contributed by atoms with van der Waals surface area (Å²) in [6.07, 6.45) is 0. The molecule has 0 unspecified atom stereocenters. The van der Waals surface area contributed by atoms with E-state index >= 15 is 0 Å². The van der Waals surface area contributed by atoms with E-state index in [1.165, 1.54) is 0 Å². The van der Waals surface area contributed by atoms with E-state index < -0.39 is 5.84 Å². The predicted octanol–water partition coefficient (Wildman–Crippen LogP) is 5.91. The van der Waals surface area contributed by atoms with Gasteiger partial charge < -0.3 is 9.05 Å². The maximum atomic E-state index is 6.10.